The molecule has 0 unspecified atom stereocenters. The molecule has 0 aromatic rings. The molecule has 1 aliphatic rings. The highest BCUT2D eigenvalue weighted by Gasteiger charge is 2.30. The first-order valence-electron chi connectivity index (χ1n) is 5.27. The number of nitrogens with zero attached hydrogens (tertiary/aromatic N) is 1. The summed E-state index contributed by atoms with van der Waals surface area (Å²) in [5.74, 6) is 1.28. The van der Waals surface area contributed by atoms with Gasteiger partial charge in [0.05, 0.1) is 0 Å². The van der Waals surface area contributed by atoms with Crippen LogP contribution in [0.25, 0.3) is 0 Å². The van der Waals surface area contributed by atoms with Gasteiger partial charge in [-0.1, -0.05) is 29.8 Å². The van der Waals surface area contributed by atoms with Crippen molar-refractivity contribution in [3.8, 4) is 0 Å². The summed E-state index contributed by atoms with van der Waals surface area (Å²) in [6.07, 6.45) is 0. The predicted octanol–water partition coefficient (Wildman–Crippen LogP) is 3.23. The van der Waals surface area contributed by atoms with Crippen molar-refractivity contribution in [2.75, 3.05) is 30.7 Å². The van der Waals surface area contributed by atoms with Gasteiger partial charge in [-0.25, -0.2) is 0 Å². The van der Waals surface area contributed by atoms with Gasteiger partial charge in [-0.05, 0) is 19.3 Å². The van der Waals surface area contributed by atoms with E-state index in [2.05, 4.69) is 60.3 Å². The molecular weight excluding hydrogens is 258 g/mol. The Labute approximate surface area is 101 Å². The maximum Gasteiger partial charge on any atom is 0.0231 e. The summed E-state index contributed by atoms with van der Waals surface area (Å²) >= 11 is 5.70. The monoisotopic (exact) mass is 279 g/mol. The summed E-state index contributed by atoms with van der Waals surface area (Å²) in [4.78, 5) is 2.61. The number of thioether (sulfide) groups is 1. The second-order valence-electron chi connectivity index (χ2n) is 5.62. The van der Waals surface area contributed by atoms with Gasteiger partial charge in [0, 0.05) is 35.5 Å². The number of hydrogen-bond acceptors (Lipinski definition) is 2. The smallest absolute Gasteiger partial charge is 0.0231 e. The molecule has 3 heteroatoms. The molecule has 14 heavy (non-hydrogen) atoms. The zero-order chi connectivity index (χ0) is 10.8. The van der Waals surface area contributed by atoms with Gasteiger partial charge in [0.25, 0.3) is 0 Å². The third-order valence-corrected chi connectivity index (χ3v) is 5.33. The zero-order valence-electron chi connectivity index (χ0n) is 9.77. The molecule has 1 aliphatic heterocycles. The number of halogens is 1. The van der Waals surface area contributed by atoms with E-state index in [0.717, 1.165) is 5.33 Å². The molecule has 0 atom stereocenters. The van der Waals surface area contributed by atoms with E-state index in [4.69, 9.17) is 0 Å². The van der Waals surface area contributed by atoms with E-state index in [1.54, 1.807) is 0 Å². The molecule has 1 rings (SSSR count). The first kappa shape index (κ1) is 12.9. The Morgan fingerprint density at radius 1 is 1.43 bits per heavy atom. The average molecular weight is 280 g/mol. The van der Waals surface area contributed by atoms with E-state index in [9.17, 15) is 0 Å². The van der Waals surface area contributed by atoms with Crippen molar-refractivity contribution in [1.82, 2.24) is 4.90 Å². The standard InChI is InChI=1S/C11H22BrNS/c1-10(2,7-12)8-13-5-6-14-11(3,4)9-13/h5-9H2,1-4H3. The van der Waals surface area contributed by atoms with Crippen LogP contribution in [0, 0.1) is 5.41 Å². The van der Waals surface area contributed by atoms with E-state index in [1.165, 1.54) is 25.4 Å². The largest absolute Gasteiger partial charge is 0.301 e. The highest BCUT2D eigenvalue weighted by atomic mass is 79.9. The van der Waals surface area contributed by atoms with Gasteiger partial charge < -0.3 is 4.90 Å². The molecule has 0 spiro atoms. The van der Waals surface area contributed by atoms with Gasteiger partial charge in [-0.15, -0.1) is 0 Å². The van der Waals surface area contributed by atoms with Crippen LogP contribution in [0.3, 0.4) is 0 Å². The number of hydrogen-bond donors (Lipinski definition) is 0. The summed E-state index contributed by atoms with van der Waals surface area (Å²) < 4.78 is 0.445. The quantitative estimate of drug-likeness (QED) is 0.730. The van der Waals surface area contributed by atoms with E-state index >= 15 is 0 Å². The van der Waals surface area contributed by atoms with Gasteiger partial charge in [-0.3, -0.25) is 0 Å². The Hall–Kier alpha value is 0.790. The van der Waals surface area contributed by atoms with E-state index in [-0.39, 0.29) is 0 Å². The second kappa shape index (κ2) is 4.75. The maximum absolute atomic E-state index is 3.59. The van der Waals surface area contributed by atoms with Gasteiger partial charge in [0.15, 0.2) is 0 Å². The van der Waals surface area contributed by atoms with Crippen LogP contribution in [-0.4, -0.2) is 40.4 Å². The molecular formula is C11H22BrNS. The molecule has 0 N–H and O–H groups in total. The minimum Gasteiger partial charge on any atom is -0.301 e. The summed E-state index contributed by atoms with van der Waals surface area (Å²) in [6, 6.07) is 0. The maximum atomic E-state index is 3.59. The van der Waals surface area contributed by atoms with Crippen LogP contribution < -0.4 is 0 Å². The molecule has 1 saturated heterocycles. The fourth-order valence-corrected chi connectivity index (χ4v) is 3.25. The second-order valence-corrected chi connectivity index (χ2v) is 7.98. The minimum atomic E-state index is 0.401. The van der Waals surface area contributed by atoms with Crippen LogP contribution in [0.5, 0.6) is 0 Å². The summed E-state index contributed by atoms with van der Waals surface area (Å²) in [5.41, 5.74) is 0.401. The van der Waals surface area contributed by atoms with Gasteiger partial charge in [-0.2, -0.15) is 11.8 Å². The molecule has 0 aromatic heterocycles. The van der Waals surface area contributed by atoms with Gasteiger partial charge in [0.1, 0.15) is 0 Å². The fraction of sp³-hybridized carbons (Fsp3) is 1.00. The summed E-state index contributed by atoms with van der Waals surface area (Å²) in [6.45, 7) is 13.1. The Bertz CT molecular complexity index is 192. The Balaban J connectivity index is 2.46. The highest BCUT2D eigenvalue weighted by molar-refractivity contribution is 9.09. The predicted molar refractivity (Wildman–Crippen MR) is 70.6 cm³/mol. The molecule has 0 radical (unpaired) electrons. The zero-order valence-corrected chi connectivity index (χ0v) is 12.2. The SMILES string of the molecule is CC(C)(CBr)CN1CCSC(C)(C)C1. The molecule has 84 valence electrons. The van der Waals surface area contributed by atoms with Crippen LogP contribution in [0.15, 0.2) is 0 Å². The van der Waals surface area contributed by atoms with Crippen molar-refractivity contribution < 1.29 is 0 Å². The Morgan fingerprint density at radius 3 is 2.57 bits per heavy atom. The van der Waals surface area contributed by atoms with Crippen molar-refractivity contribution in [3.63, 3.8) is 0 Å². The van der Waals surface area contributed by atoms with Crippen LogP contribution in [0.1, 0.15) is 27.7 Å². The van der Waals surface area contributed by atoms with Crippen LogP contribution >= 0.6 is 27.7 Å². The van der Waals surface area contributed by atoms with Crippen LogP contribution in [-0.2, 0) is 0 Å². The lowest BCUT2D eigenvalue weighted by Crippen LogP contribution is -2.47. The molecule has 0 aromatic carbocycles. The number of alkyl halides is 1. The lowest BCUT2D eigenvalue weighted by molar-refractivity contribution is 0.188. The Morgan fingerprint density at radius 2 is 2.07 bits per heavy atom. The molecule has 1 heterocycles. The van der Waals surface area contributed by atoms with Gasteiger partial charge in [0.2, 0.25) is 0 Å². The average Bonchev–Trinajstić information content (AvgIpc) is 2.01. The molecule has 0 bridgehead atoms. The molecule has 1 fully saturated rings. The third kappa shape index (κ3) is 4.11. The molecule has 0 saturated carbocycles. The van der Waals surface area contributed by atoms with Crippen molar-refractivity contribution in [2.45, 2.75) is 32.4 Å². The minimum absolute atomic E-state index is 0.401. The van der Waals surface area contributed by atoms with Gasteiger partial charge >= 0.3 is 0 Å². The Kier molecular flexibility index (Phi) is 4.36. The van der Waals surface area contributed by atoms with Crippen LogP contribution in [0.2, 0.25) is 0 Å². The van der Waals surface area contributed by atoms with Crippen molar-refractivity contribution in [3.05, 3.63) is 0 Å². The molecule has 1 nitrogen and oxygen atoms in total. The fourth-order valence-electron chi connectivity index (χ4n) is 1.90. The molecule has 0 amide bonds. The lowest BCUT2D eigenvalue weighted by Gasteiger charge is -2.40. The van der Waals surface area contributed by atoms with E-state index < -0.39 is 0 Å². The topological polar surface area (TPSA) is 3.24 Å². The van der Waals surface area contributed by atoms with Crippen molar-refractivity contribution in [2.24, 2.45) is 5.41 Å². The van der Waals surface area contributed by atoms with E-state index in [0.29, 0.717) is 10.2 Å². The van der Waals surface area contributed by atoms with Crippen molar-refractivity contribution in [1.29, 1.82) is 0 Å². The normalized spacial score (nSPS) is 23.8. The number of rotatable bonds is 3. The van der Waals surface area contributed by atoms with E-state index in [1.807, 2.05) is 0 Å². The lowest BCUT2D eigenvalue weighted by atomic mass is 9.95. The molecule has 0 aliphatic carbocycles. The first-order valence-corrected chi connectivity index (χ1v) is 7.38. The highest BCUT2D eigenvalue weighted by Crippen LogP contribution is 2.31. The summed E-state index contributed by atoms with van der Waals surface area (Å²) in [5, 5.41) is 1.09. The third-order valence-electron chi connectivity index (χ3n) is 2.52. The summed E-state index contributed by atoms with van der Waals surface area (Å²) in [7, 11) is 0. The van der Waals surface area contributed by atoms with Crippen LogP contribution in [0.4, 0.5) is 0 Å². The first-order chi connectivity index (χ1) is 6.35. The van der Waals surface area contributed by atoms with Crippen molar-refractivity contribution >= 4 is 27.7 Å².